The third-order valence-electron chi connectivity index (χ3n) is 1.70. The van der Waals surface area contributed by atoms with E-state index in [0.29, 0.717) is 16.4 Å². The van der Waals surface area contributed by atoms with Gasteiger partial charge in [0.1, 0.15) is 17.6 Å². The van der Waals surface area contributed by atoms with E-state index in [1.54, 1.807) is 12.1 Å². The van der Waals surface area contributed by atoms with Gasteiger partial charge in [-0.05, 0) is 12.1 Å². The van der Waals surface area contributed by atoms with Crippen molar-refractivity contribution in [2.24, 2.45) is 0 Å². The minimum Gasteiger partial charge on any atom is -0.394 e. The Kier molecular flexibility index (Phi) is 1.94. The fourth-order valence-corrected chi connectivity index (χ4v) is 1.29. The van der Waals surface area contributed by atoms with Gasteiger partial charge in [-0.3, -0.25) is 0 Å². The highest BCUT2D eigenvalue weighted by atomic mass is 35.5. The molecule has 1 heterocycles. The Balaban J connectivity index is 2.53. The minimum atomic E-state index is 0.516. The maximum absolute atomic E-state index is 5.81. The second-order valence-electron chi connectivity index (χ2n) is 2.63. The summed E-state index contributed by atoms with van der Waals surface area (Å²) in [5, 5.41) is 4.42. The molecular weight excluding hydrogens is 188 g/mol. The Morgan fingerprint density at radius 1 is 1.38 bits per heavy atom. The summed E-state index contributed by atoms with van der Waals surface area (Å²) in [6, 6.07) is 7.29. The molecule has 3 nitrogen and oxygen atoms in total. The van der Waals surface area contributed by atoms with Crippen LogP contribution in [0.15, 0.2) is 35.1 Å². The van der Waals surface area contributed by atoms with E-state index in [2.05, 4.69) is 5.16 Å². The Morgan fingerprint density at radius 3 is 2.85 bits per heavy atom. The number of rotatable bonds is 1. The van der Waals surface area contributed by atoms with E-state index in [1.807, 2.05) is 12.1 Å². The van der Waals surface area contributed by atoms with Gasteiger partial charge in [0.2, 0.25) is 0 Å². The minimum absolute atomic E-state index is 0.516. The lowest BCUT2D eigenvalue weighted by atomic mass is 10.1. The molecule has 13 heavy (non-hydrogen) atoms. The van der Waals surface area contributed by atoms with Crippen molar-refractivity contribution in [2.75, 3.05) is 5.73 Å². The number of nitrogens with zero attached hydrogens (tertiary/aromatic N) is 1. The van der Waals surface area contributed by atoms with Crippen LogP contribution in [0.2, 0.25) is 5.02 Å². The first kappa shape index (κ1) is 8.13. The topological polar surface area (TPSA) is 52.0 Å². The molecule has 1 aromatic carbocycles. The van der Waals surface area contributed by atoms with Crippen molar-refractivity contribution in [1.82, 2.24) is 5.16 Å². The SMILES string of the molecule is Nc1conc1-c1cccc(Cl)c1. The maximum atomic E-state index is 5.81. The third-order valence-corrected chi connectivity index (χ3v) is 1.93. The van der Waals surface area contributed by atoms with Crippen molar-refractivity contribution in [3.8, 4) is 11.3 Å². The normalized spacial score (nSPS) is 10.2. The van der Waals surface area contributed by atoms with Crippen molar-refractivity contribution in [3.63, 3.8) is 0 Å². The van der Waals surface area contributed by atoms with Crippen LogP contribution >= 0.6 is 11.6 Å². The summed E-state index contributed by atoms with van der Waals surface area (Å²) in [4.78, 5) is 0. The molecule has 0 amide bonds. The Labute approximate surface area is 80.1 Å². The van der Waals surface area contributed by atoms with Crippen molar-refractivity contribution < 1.29 is 4.52 Å². The smallest absolute Gasteiger partial charge is 0.147 e. The third kappa shape index (κ3) is 1.51. The Morgan fingerprint density at radius 2 is 2.23 bits per heavy atom. The van der Waals surface area contributed by atoms with Crippen LogP contribution in [0.1, 0.15) is 0 Å². The van der Waals surface area contributed by atoms with Crippen LogP contribution in [0.3, 0.4) is 0 Å². The first-order chi connectivity index (χ1) is 6.27. The molecule has 0 aliphatic carbocycles. The van der Waals surface area contributed by atoms with E-state index in [0.717, 1.165) is 5.56 Å². The van der Waals surface area contributed by atoms with Gasteiger partial charge in [-0.25, -0.2) is 0 Å². The van der Waals surface area contributed by atoms with Gasteiger partial charge < -0.3 is 10.3 Å². The monoisotopic (exact) mass is 194 g/mol. The molecule has 4 heteroatoms. The lowest BCUT2D eigenvalue weighted by Crippen LogP contribution is -1.85. The van der Waals surface area contributed by atoms with Crippen molar-refractivity contribution >= 4 is 17.3 Å². The standard InChI is InChI=1S/C9H7ClN2O/c10-7-3-1-2-6(4-7)9-8(11)5-13-12-9/h1-5H,11H2. The second-order valence-corrected chi connectivity index (χ2v) is 3.07. The van der Waals surface area contributed by atoms with Gasteiger partial charge in [0.05, 0.1) is 0 Å². The van der Waals surface area contributed by atoms with E-state index in [-0.39, 0.29) is 0 Å². The predicted molar refractivity (Wildman–Crippen MR) is 51.4 cm³/mol. The zero-order valence-electron chi connectivity index (χ0n) is 6.70. The number of nitrogen functional groups attached to an aromatic ring is 1. The summed E-state index contributed by atoms with van der Waals surface area (Å²) < 4.78 is 4.72. The van der Waals surface area contributed by atoms with Gasteiger partial charge >= 0.3 is 0 Å². The molecule has 0 fully saturated rings. The molecule has 2 aromatic rings. The quantitative estimate of drug-likeness (QED) is 0.759. The summed E-state index contributed by atoms with van der Waals surface area (Å²) in [6.45, 7) is 0. The molecule has 2 N–H and O–H groups in total. The van der Waals surface area contributed by atoms with Crippen molar-refractivity contribution in [3.05, 3.63) is 35.6 Å². The van der Waals surface area contributed by atoms with E-state index in [4.69, 9.17) is 21.9 Å². The number of nitrogens with two attached hydrogens (primary N) is 1. The number of hydrogen-bond donors (Lipinski definition) is 1. The van der Waals surface area contributed by atoms with Gasteiger partial charge in [0, 0.05) is 10.6 Å². The largest absolute Gasteiger partial charge is 0.394 e. The van der Waals surface area contributed by atoms with Gasteiger partial charge in [-0.15, -0.1) is 0 Å². The molecule has 0 aliphatic heterocycles. The van der Waals surface area contributed by atoms with Gasteiger partial charge in [0.25, 0.3) is 0 Å². The summed E-state index contributed by atoms with van der Waals surface area (Å²) in [5.41, 5.74) is 7.63. The lowest BCUT2D eigenvalue weighted by molar-refractivity contribution is 0.423. The Hall–Kier alpha value is -1.48. The van der Waals surface area contributed by atoms with Crippen LogP contribution in [-0.4, -0.2) is 5.16 Å². The zero-order chi connectivity index (χ0) is 9.26. The number of hydrogen-bond acceptors (Lipinski definition) is 3. The molecule has 0 spiro atoms. The summed E-state index contributed by atoms with van der Waals surface area (Å²) in [7, 11) is 0. The molecular formula is C9H7ClN2O. The fourth-order valence-electron chi connectivity index (χ4n) is 1.10. The maximum Gasteiger partial charge on any atom is 0.147 e. The summed E-state index contributed by atoms with van der Waals surface area (Å²) in [5.74, 6) is 0. The molecule has 0 radical (unpaired) electrons. The first-order valence-electron chi connectivity index (χ1n) is 3.73. The average molecular weight is 195 g/mol. The molecule has 66 valence electrons. The Bertz CT molecular complexity index is 425. The zero-order valence-corrected chi connectivity index (χ0v) is 7.45. The first-order valence-corrected chi connectivity index (χ1v) is 4.11. The fraction of sp³-hybridized carbons (Fsp3) is 0. The van der Waals surface area contributed by atoms with E-state index < -0.39 is 0 Å². The van der Waals surface area contributed by atoms with Crippen molar-refractivity contribution in [1.29, 1.82) is 0 Å². The van der Waals surface area contributed by atoms with E-state index in [9.17, 15) is 0 Å². The molecule has 0 saturated carbocycles. The molecule has 0 unspecified atom stereocenters. The van der Waals surface area contributed by atoms with Crippen LogP contribution in [0.25, 0.3) is 11.3 Å². The van der Waals surface area contributed by atoms with Crippen molar-refractivity contribution in [2.45, 2.75) is 0 Å². The van der Waals surface area contributed by atoms with Gasteiger partial charge in [0.15, 0.2) is 0 Å². The molecule has 0 atom stereocenters. The van der Waals surface area contributed by atoms with Crippen LogP contribution in [0.4, 0.5) is 5.69 Å². The van der Waals surface area contributed by atoms with Crippen LogP contribution < -0.4 is 5.73 Å². The van der Waals surface area contributed by atoms with Gasteiger partial charge in [-0.1, -0.05) is 28.9 Å². The highest BCUT2D eigenvalue weighted by Gasteiger charge is 2.06. The van der Waals surface area contributed by atoms with Crippen LogP contribution in [-0.2, 0) is 0 Å². The van der Waals surface area contributed by atoms with E-state index >= 15 is 0 Å². The second kappa shape index (κ2) is 3.11. The summed E-state index contributed by atoms with van der Waals surface area (Å²) in [6.07, 6.45) is 1.40. The predicted octanol–water partition coefficient (Wildman–Crippen LogP) is 2.58. The summed E-state index contributed by atoms with van der Waals surface area (Å²) >= 11 is 5.81. The highest BCUT2D eigenvalue weighted by molar-refractivity contribution is 6.30. The molecule has 0 saturated heterocycles. The molecule has 0 aliphatic rings. The number of halogens is 1. The van der Waals surface area contributed by atoms with Crippen LogP contribution in [0.5, 0.6) is 0 Å². The number of aromatic nitrogens is 1. The van der Waals surface area contributed by atoms with E-state index in [1.165, 1.54) is 6.26 Å². The molecule has 2 rings (SSSR count). The highest BCUT2D eigenvalue weighted by Crippen LogP contribution is 2.25. The lowest BCUT2D eigenvalue weighted by Gasteiger charge is -1.96. The molecule has 0 bridgehead atoms. The van der Waals surface area contributed by atoms with Crippen LogP contribution in [0, 0.1) is 0 Å². The van der Waals surface area contributed by atoms with Gasteiger partial charge in [-0.2, -0.15) is 0 Å². The number of benzene rings is 1. The average Bonchev–Trinajstić information content (AvgIpc) is 2.51. The number of anilines is 1. The molecule has 1 aromatic heterocycles.